The van der Waals surface area contributed by atoms with Gasteiger partial charge < -0.3 is 10.1 Å². The van der Waals surface area contributed by atoms with Crippen LogP contribution in [-0.4, -0.2) is 46.0 Å². The van der Waals surface area contributed by atoms with E-state index in [0.717, 1.165) is 35.1 Å². The molecule has 0 radical (unpaired) electrons. The lowest BCUT2D eigenvalue weighted by Crippen LogP contribution is -2.40. The van der Waals surface area contributed by atoms with Gasteiger partial charge in [0, 0.05) is 18.1 Å². The Hall–Kier alpha value is -3.07. The molecule has 1 saturated heterocycles. The largest absolute Gasteiger partial charge is 0.495 e. The fraction of sp³-hybridized carbons (Fsp3) is 0.345. The molecule has 0 unspecified atom stereocenters. The first-order valence-corrected chi connectivity index (χ1v) is 14.6. The van der Waals surface area contributed by atoms with E-state index in [4.69, 9.17) is 16.3 Å². The predicted octanol–water partition coefficient (Wildman–Crippen LogP) is 5.15. The van der Waals surface area contributed by atoms with Crippen LogP contribution in [0.5, 0.6) is 5.75 Å². The number of methoxy groups -OCH3 is 1. The summed E-state index contributed by atoms with van der Waals surface area (Å²) in [6.07, 6.45) is 3.81. The number of halogens is 1. The second kappa shape index (κ2) is 12.7. The van der Waals surface area contributed by atoms with Crippen LogP contribution in [0.1, 0.15) is 36.0 Å². The Morgan fingerprint density at radius 1 is 0.974 bits per heavy atom. The van der Waals surface area contributed by atoms with Crippen LogP contribution in [0.15, 0.2) is 71.6 Å². The number of rotatable bonds is 10. The molecule has 7 nitrogen and oxygen atoms in total. The average molecular weight is 556 g/mol. The number of aryl methyl sites for hydroxylation is 1. The minimum atomic E-state index is -4.09. The van der Waals surface area contributed by atoms with E-state index in [1.54, 1.807) is 24.3 Å². The van der Waals surface area contributed by atoms with Gasteiger partial charge in [0.25, 0.3) is 10.0 Å². The molecule has 3 aromatic carbocycles. The van der Waals surface area contributed by atoms with Crippen LogP contribution in [0.2, 0.25) is 5.02 Å². The molecule has 0 spiro atoms. The maximum Gasteiger partial charge on any atom is 0.264 e. The summed E-state index contributed by atoms with van der Waals surface area (Å²) in [5, 5.41) is 3.18. The van der Waals surface area contributed by atoms with Gasteiger partial charge in [0.1, 0.15) is 12.3 Å². The van der Waals surface area contributed by atoms with Gasteiger partial charge in [-0.05, 0) is 74.3 Å². The molecule has 0 saturated carbocycles. The number of carbonyl (C=O) groups is 1. The van der Waals surface area contributed by atoms with E-state index in [-0.39, 0.29) is 17.1 Å². The Morgan fingerprint density at radius 2 is 1.63 bits per heavy atom. The number of carbonyl (C=O) groups excluding carboxylic acids is 1. The molecule has 0 atom stereocenters. The SMILES string of the molecule is COc1ccc(Cl)cc1N(CC(=O)NCc1ccc(CN2CCCCC2)cc1)S(=O)(=O)c1ccc(C)cc1. The van der Waals surface area contributed by atoms with Crippen molar-refractivity contribution in [3.05, 3.63) is 88.4 Å². The molecule has 1 aliphatic rings. The van der Waals surface area contributed by atoms with Gasteiger partial charge in [0.2, 0.25) is 5.91 Å². The zero-order chi connectivity index (χ0) is 27.1. The molecule has 38 heavy (non-hydrogen) atoms. The summed E-state index contributed by atoms with van der Waals surface area (Å²) < 4.78 is 33.8. The van der Waals surface area contributed by atoms with Crippen LogP contribution in [0.3, 0.4) is 0 Å². The Kier molecular flexibility index (Phi) is 9.31. The summed E-state index contributed by atoms with van der Waals surface area (Å²) in [7, 11) is -2.65. The van der Waals surface area contributed by atoms with E-state index < -0.39 is 22.5 Å². The monoisotopic (exact) mass is 555 g/mol. The van der Waals surface area contributed by atoms with E-state index >= 15 is 0 Å². The summed E-state index contributed by atoms with van der Waals surface area (Å²) in [6, 6.07) is 19.3. The number of amides is 1. The zero-order valence-corrected chi connectivity index (χ0v) is 23.4. The first kappa shape index (κ1) is 28.0. The molecule has 1 N–H and O–H groups in total. The second-order valence-electron chi connectivity index (χ2n) is 9.57. The highest BCUT2D eigenvalue weighted by Crippen LogP contribution is 2.34. The number of nitrogens with zero attached hydrogens (tertiary/aromatic N) is 2. The van der Waals surface area contributed by atoms with Gasteiger partial charge in [-0.2, -0.15) is 0 Å². The first-order valence-electron chi connectivity index (χ1n) is 12.8. The lowest BCUT2D eigenvalue weighted by atomic mass is 10.1. The summed E-state index contributed by atoms with van der Waals surface area (Å²) in [5.41, 5.74) is 3.30. The highest BCUT2D eigenvalue weighted by molar-refractivity contribution is 7.92. The number of anilines is 1. The summed E-state index contributed by atoms with van der Waals surface area (Å²) >= 11 is 6.21. The third kappa shape index (κ3) is 7.07. The van der Waals surface area contributed by atoms with Gasteiger partial charge in [0.05, 0.1) is 17.7 Å². The lowest BCUT2D eigenvalue weighted by Gasteiger charge is -2.26. The van der Waals surface area contributed by atoms with E-state index in [2.05, 4.69) is 22.3 Å². The van der Waals surface area contributed by atoms with Crippen molar-refractivity contribution in [1.82, 2.24) is 10.2 Å². The maximum atomic E-state index is 13.7. The minimum absolute atomic E-state index is 0.0715. The summed E-state index contributed by atoms with van der Waals surface area (Å²) in [5.74, 6) is -0.151. The van der Waals surface area contributed by atoms with Crippen molar-refractivity contribution in [3.63, 3.8) is 0 Å². The fourth-order valence-corrected chi connectivity index (χ4v) is 6.11. The summed E-state index contributed by atoms with van der Waals surface area (Å²) in [4.78, 5) is 15.6. The van der Waals surface area contributed by atoms with E-state index in [1.165, 1.54) is 50.1 Å². The van der Waals surface area contributed by atoms with Crippen molar-refractivity contribution in [2.24, 2.45) is 0 Å². The molecule has 0 bridgehead atoms. The van der Waals surface area contributed by atoms with Crippen molar-refractivity contribution in [2.75, 3.05) is 31.0 Å². The second-order valence-corrected chi connectivity index (χ2v) is 11.9. The zero-order valence-electron chi connectivity index (χ0n) is 21.8. The summed E-state index contributed by atoms with van der Waals surface area (Å²) in [6.45, 7) is 4.93. The predicted molar refractivity (Wildman–Crippen MR) is 151 cm³/mol. The molecule has 1 aliphatic heterocycles. The molecule has 202 valence electrons. The van der Waals surface area contributed by atoms with Crippen LogP contribution in [0.4, 0.5) is 5.69 Å². The number of benzene rings is 3. The minimum Gasteiger partial charge on any atom is -0.495 e. The van der Waals surface area contributed by atoms with Crippen molar-refractivity contribution < 1.29 is 17.9 Å². The Bertz CT molecular complexity index is 1340. The number of likely N-dealkylation sites (tertiary alicyclic amines) is 1. The third-order valence-electron chi connectivity index (χ3n) is 6.67. The number of nitrogens with one attached hydrogen (secondary N) is 1. The average Bonchev–Trinajstić information content (AvgIpc) is 2.92. The molecule has 1 fully saturated rings. The molecular weight excluding hydrogens is 522 g/mol. The van der Waals surface area contributed by atoms with Crippen LogP contribution in [-0.2, 0) is 27.9 Å². The van der Waals surface area contributed by atoms with E-state index in [1.807, 2.05) is 19.1 Å². The number of hydrogen-bond donors (Lipinski definition) is 1. The van der Waals surface area contributed by atoms with Crippen LogP contribution >= 0.6 is 11.6 Å². The lowest BCUT2D eigenvalue weighted by molar-refractivity contribution is -0.119. The molecule has 0 aromatic heterocycles. The Balaban J connectivity index is 1.48. The normalized spacial score (nSPS) is 14.2. The Labute approximate surface area is 230 Å². The van der Waals surface area contributed by atoms with Gasteiger partial charge in [0.15, 0.2) is 0 Å². The van der Waals surface area contributed by atoms with Crippen LogP contribution in [0, 0.1) is 6.92 Å². The van der Waals surface area contributed by atoms with Gasteiger partial charge in [-0.3, -0.25) is 14.0 Å². The van der Waals surface area contributed by atoms with Gasteiger partial charge >= 0.3 is 0 Å². The highest BCUT2D eigenvalue weighted by atomic mass is 35.5. The molecule has 0 aliphatic carbocycles. The smallest absolute Gasteiger partial charge is 0.264 e. The molecule has 4 rings (SSSR count). The van der Waals surface area contributed by atoms with Gasteiger partial charge in [-0.25, -0.2) is 8.42 Å². The number of hydrogen-bond acceptors (Lipinski definition) is 5. The number of ether oxygens (including phenoxy) is 1. The fourth-order valence-electron chi connectivity index (χ4n) is 4.52. The van der Waals surface area contributed by atoms with Crippen molar-refractivity contribution in [3.8, 4) is 5.75 Å². The van der Waals surface area contributed by atoms with Gasteiger partial charge in [-0.15, -0.1) is 0 Å². The number of sulfonamides is 1. The topological polar surface area (TPSA) is 79.0 Å². The molecule has 1 amide bonds. The van der Waals surface area contributed by atoms with E-state index in [9.17, 15) is 13.2 Å². The molecule has 3 aromatic rings. The van der Waals surface area contributed by atoms with E-state index in [0.29, 0.717) is 10.8 Å². The standard InChI is InChI=1S/C29H34ClN3O4S/c1-22-6-13-26(14-7-22)38(35,36)33(27-18-25(30)12-15-28(27)37-2)21-29(34)31-19-23-8-10-24(11-9-23)20-32-16-4-3-5-17-32/h6-15,18H,3-5,16-17,19-21H2,1-2H3,(H,31,34). The molecule has 9 heteroatoms. The van der Waals surface area contributed by atoms with Crippen LogP contribution in [0.25, 0.3) is 0 Å². The molecule has 1 heterocycles. The quantitative estimate of drug-likeness (QED) is 0.374. The van der Waals surface area contributed by atoms with Crippen molar-refractivity contribution >= 4 is 33.2 Å². The van der Waals surface area contributed by atoms with Crippen molar-refractivity contribution in [1.29, 1.82) is 0 Å². The van der Waals surface area contributed by atoms with Crippen LogP contribution < -0.4 is 14.4 Å². The highest BCUT2D eigenvalue weighted by Gasteiger charge is 2.29. The first-order chi connectivity index (χ1) is 18.3. The third-order valence-corrected chi connectivity index (χ3v) is 8.68. The number of piperidine rings is 1. The Morgan fingerprint density at radius 3 is 2.29 bits per heavy atom. The maximum absolute atomic E-state index is 13.7. The van der Waals surface area contributed by atoms with Crippen molar-refractivity contribution in [2.45, 2.75) is 44.2 Å². The molecular formula is C29H34ClN3O4S. The van der Waals surface area contributed by atoms with Gasteiger partial charge in [-0.1, -0.05) is 60.0 Å².